The Kier molecular flexibility index (Phi) is 5.30. The molecule has 1 aliphatic heterocycles. The van der Waals surface area contributed by atoms with Crippen LogP contribution in [0.4, 0.5) is 13.2 Å². The number of alkyl halides is 3. The third-order valence-corrected chi connectivity index (χ3v) is 3.88. The molecule has 1 saturated heterocycles. The summed E-state index contributed by atoms with van der Waals surface area (Å²) in [4.78, 5) is 13.5. The molecule has 0 saturated carbocycles. The first-order valence-corrected chi connectivity index (χ1v) is 7.66. The minimum Gasteiger partial charge on any atom is -0.475 e. The van der Waals surface area contributed by atoms with Crippen molar-refractivity contribution in [3.63, 3.8) is 0 Å². The molecule has 126 valence electrons. The third kappa shape index (κ3) is 4.68. The molecule has 0 spiro atoms. The summed E-state index contributed by atoms with van der Waals surface area (Å²) < 4.78 is 34.9. The van der Waals surface area contributed by atoms with E-state index in [2.05, 4.69) is 43.8 Å². The Hall–Kier alpha value is -1.61. The predicted octanol–water partition coefficient (Wildman–Crippen LogP) is 3.54. The number of aromatic nitrogens is 2. The summed E-state index contributed by atoms with van der Waals surface area (Å²) >= 11 is 3.47. The van der Waals surface area contributed by atoms with Crippen LogP contribution in [0.25, 0.3) is 5.65 Å². The maximum Gasteiger partial charge on any atom is 0.490 e. The fraction of sp³-hybridized carbons (Fsp3) is 0.429. The van der Waals surface area contributed by atoms with E-state index in [1.54, 1.807) is 0 Å². The van der Waals surface area contributed by atoms with Crippen LogP contribution in [0.2, 0.25) is 0 Å². The van der Waals surface area contributed by atoms with Gasteiger partial charge in [-0.15, -0.1) is 0 Å². The van der Waals surface area contributed by atoms with Crippen LogP contribution in [0.3, 0.4) is 0 Å². The normalized spacial score (nSPS) is 21.1. The molecule has 3 rings (SSSR count). The highest BCUT2D eigenvalue weighted by atomic mass is 79.9. The number of pyridine rings is 1. The van der Waals surface area contributed by atoms with Gasteiger partial charge in [-0.1, -0.05) is 0 Å². The monoisotopic (exact) mass is 393 g/mol. The standard InChI is InChI=1S/C12H14BrN3.C2HF3O2/c1-8-2-4-10(14-8)11-7-16-6-9(13)3-5-12(16)15-11;3-2(4,5)1(6)7/h3,5-8,10,14H,2,4H2,1H3;(H,6,7). The van der Waals surface area contributed by atoms with E-state index in [1.807, 2.05) is 18.3 Å². The second-order valence-corrected chi connectivity index (χ2v) is 6.19. The van der Waals surface area contributed by atoms with Crippen molar-refractivity contribution in [2.24, 2.45) is 0 Å². The van der Waals surface area contributed by atoms with Gasteiger partial charge in [0.2, 0.25) is 0 Å². The molecule has 0 aromatic carbocycles. The summed E-state index contributed by atoms with van der Waals surface area (Å²) in [5.41, 5.74) is 2.17. The Morgan fingerprint density at radius 3 is 2.57 bits per heavy atom. The summed E-state index contributed by atoms with van der Waals surface area (Å²) in [5.74, 6) is -2.76. The lowest BCUT2D eigenvalue weighted by Gasteiger charge is -2.07. The molecule has 0 aliphatic carbocycles. The van der Waals surface area contributed by atoms with E-state index in [0.717, 1.165) is 15.8 Å². The highest BCUT2D eigenvalue weighted by Crippen LogP contribution is 2.26. The van der Waals surface area contributed by atoms with Crippen molar-refractivity contribution in [3.05, 3.63) is 34.7 Å². The van der Waals surface area contributed by atoms with Gasteiger partial charge in [-0.05, 0) is 47.8 Å². The van der Waals surface area contributed by atoms with E-state index < -0.39 is 12.1 Å². The number of carbonyl (C=O) groups is 1. The van der Waals surface area contributed by atoms with Gasteiger partial charge in [0, 0.05) is 22.9 Å². The van der Waals surface area contributed by atoms with Gasteiger partial charge < -0.3 is 14.8 Å². The fourth-order valence-corrected chi connectivity index (χ4v) is 2.66. The van der Waals surface area contributed by atoms with Crippen LogP contribution in [0.5, 0.6) is 0 Å². The zero-order valence-electron chi connectivity index (χ0n) is 12.1. The van der Waals surface area contributed by atoms with E-state index in [-0.39, 0.29) is 0 Å². The lowest BCUT2D eigenvalue weighted by atomic mass is 10.2. The molecule has 2 aromatic heterocycles. The summed E-state index contributed by atoms with van der Waals surface area (Å²) in [5, 5.41) is 10.7. The highest BCUT2D eigenvalue weighted by Gasteiger charge is 2.38. The van der Waals surface area contributed by atoms with E-state index in [4.69, 9.17) is 9.90 Å². The first-order valence-electron chi connectivity index (χ1n) is 6.87. The number of aliphatic carboxylic acids is 1. The number of nitrogens with zero attached hydrogens (tertiary/aromatic N) is 2. The smallest absolute Gasteiger partial charge is 0.475 e. The Morgan fingerprint density at radius 2 is 2.04 bits per heavy atom. The summed E-state index contributed by atoms with van der Waals surface area (Å²) in [6.07, 6.45) is 1.51. The Bertz CT molecular complexity index is 702. The van der Waals surface area contributed by atoms with Gasteiger partial charge in [-0.25, -0.2) is 9.78 Å². The number of carboxylic acid groups (broad SMARTS) is 1. The van der Waals surface area contributed by atoms with Gasteiger partial charge >= 0.3 is 12.1 Å². The molecule has 0 radical (unpaired) electrons. The molecule has 0 amide bonds. The van der Waals surface area contributed by atoms with Gasteiger partial charge in [0.1, 0.15) is 5.65 Å². The number of carboxylic acids is 1. The average molecular weight is 394 g/mol. The predicted molar refractivity (Wildman–Crippen MR) is 81.2 cm³/mol. The molecule has 2 unspecified atom stereocenters. The topological polar surface area (TPSA) is 66.6 Å². The number of halogens is 4. The SMILES string of the molecule is CC1CCC(c2cn3cc(Br)ccc3n2)N1.O=C(O)C(F)(F)F. The van der Waals surface area contributed by atoms with Crippen molar-refractivity contribution in [3.8, 4) is 0 Å². The van der Waals surface area contributed by atoms with Crippen LogP contribution < -0.4 is 5.32 Å². The number of rotatable bonds is 1. The molecule has 5 nitrogen and oxygen atoms in total. The van der Waals surface area contributed by atoms with E-state index in [0.29, 0.717) is 12.1 Å². The van der Waals surface area contributed by atoms with Crippen LogP contribution in [0.15, 0.2) is 29.0 Å². The average Bonchev–Trinajstić information content (AvgIpc) is 3.03. The molecular formula is C14H15BrF3N3O2. The van der Waals surface area contributed by atoms with Crippen molar-refractivity contribution in [2.75, 3.05) is 0 Å². The first-order chi connectivity index (χ1) is 10.7. The van der Waals surface area contributed by atoms with E-state index in [1.165, 1.54) is 12.8 Å². The maximum atomic E-state index is 10.6. The first kappa shape index (κ1) is 17.7. The van der Waals surface area contributed by atoms with Gasteiger partial charge in [0.05, 0.1) is 11.7 Å². The Morgan fingerprint density at radius 1 is 1.39 bits per heavy atom. The maximum absolute atomic E-state index is 10.6. The zero-order chi connectivity index (χ0) is 17.2. The quantitative estimate of drug-likeness (QED) is 0.777. The minimum atomic E-state index is -5.08. The van der Waals surface area contributed by atoms with Crippen molar-refractivity contribution in [1.29, 1.82) is 0 Å². The molecular weight excluding hydrogens is 379 g/mol. The molecule has 2 atom stereocenters. The Balaban J connectivity index is 0.000000236. The summed E-state index contributed by atoms with van der Waals surface area (Å²) in [7, 11) is 0. The van der Waals surface area contributed by atoms with E-state index in [9.17, 15) is 13.2 Å². The number of imidazole rings is 1. The number of nitrogens with one attached hydrogen (secondary N) is 1. The van der Waals surface area contributed by atoms with Crippen LogP contribution in [0.1, 0.15) is 31.5 Å². The zero-order valence-corrected chi connectivity index (χ0v) is 13.7. The molecule has 0 bridgehead atoms. The lowest BCUT2D eigenvalue weighted by molar-refractivity contribution is -0.192. The summed E-state index contributed by atoms with van der Waals surface area (Å²) in [6, 6.07) is 5.10. The number of hydrogen-bond acceptors (Lipinski definition) is 3. The molecule has 1 aliphatic rings. The lowest BCUT2D eigenvalue weighted by Crippen LogP contribution is -2.21. The van der Waals surface area contributed by atoms with Crippen LogP contribution in [-0.4, -0.2) is 32.7 Å². The van der Waals surface area contributed by atoms with E-state index >= 15 is 0 Å². The molecule has 2 aromatic rings. The molecule has 2 N–H and O–H groups in total. The van der Waals surface area contributed by atoms with Crippen LogP contribution in [-0.2, 0) is 4.79 Å². The van der Waals surface area contributed by atoms with Crippen molar-refractivity contribution in [2.45, 2.75) is 38.0 Å². The second-order valence-electron chi connectivity index (χ2n) is 5.28. The second kappa shape index (κ2) is 6.88. The summed E-state index contributed by atoms with van der Waals surface area (Å²) in [6.45, 7) is 2.23. The number of fused-ring (bicyclic) bond motifs is 1. The fourth-order valence-electron chi connectivity index (χ4n) is 2.31. The largest absolute Gasteiger partial charge is 0.490 e. The van der Waals surface area contributed by atoms with Gasteiger partial charge in [-0.2, -0.15) is 13.2 Å². The minimum absolute atomic E-state index is 0.425. The molecule has 1 fully saturated rings. The molecule has 23 heavy (non-hydrogen) atoms. The van der Waals surface area contributed by atoms with Crippen molar-refractivity contribution >= 4 is 27.5 Å². The van der Waals surface area contributed by atoms with Gasteiger partial charge in [0.25, 0.3) is 0 Å². The number of hydrogen-bond donors (Lipinski definition) is 2. The van der Waals surface area contributed by atoms with Crippen LogP contribution >= 0.6 is 15.9 Å². The van der Waals surface area contributed by atoms with Crippen molar-refractivity contribution in [1.82, 2.24) is 14.7 Å². The van der Waals surface area contributed by atoms with Crippen molar-refractivity contribution < 1.29 is 23.1 Å². The third-order valence-electron chi connectivity index (χ3n) is 3.41. The molecule has 3 heterocycles. The molecule has 9 heteroatoms. The highest BCUT2D eigenvalue weighted by molar-refractivity contribution is 9.10. The Labute approximate surface area is 138 Å². The van der Waals surface area contributed by atoms with Gasteiger partial charge in [-0.3, -0.25) is 0 Å². The van der Waals surface area contributed by atoms with Gasteiger partial charge in [0.15, 0.2) is 0 Å². The van der Waals surface area contributed by atoms with Crippen LogP contribution in [0, 0.1) is 0 Å².